The van der Waals surface area contributed by atoms with Crippen LogP contribution in [0.15, 0.2) is 58.3 Å². The summed E-state index contributed by atoms with van der Waals surface area (Å²) < 4.78 is 7.48. The molecule has 0 spiro atoms. The Kier molecular flexibility index (Phi) is 4.68. The molecule has 5 rings (SSSR count). The lowest BCUT2D eigenvalue weighted by molar-refractivity contribution is 0.418. The van der Waals surface area contributed by atoms with Crippen molar-refractivity contribution in [3.8, 4) is 17.3 Å². The van der Waals surface area contributed by atoms with Gasteiger partial charge in [0.25, 0.3) is 5.89 Å². The Morgan fingerprint density at radius 2 is 1.90 bits per heavy atom. The minimum Gasteiger partial charge on any atom is -0.332 e. The van der Waals surface area contributed by atoms with Gasteiger partial charge in [0.1, 0.15) is 6.33 Å². The molecule has 0 fully saturated rings. The van der Waals surface area contributed by atoms with Crippen LogP contribution in [0, 0.1) is 0 Å². The molecule has 2 aromatic carbocycles. The van der Waals surface area contributed by atoms with Crippen molar-refractivity contribution in [1.29, 1.82) is 0 Å². The zero-order valence-corrected chi connectivity index (χ0v) is 17.8. The summed E-state index contributed by atoms with van der Waals surface area (Å²) in [5.41, 5.74) is 4.91. The van der Waals surface area contributed by atoms with E-state index in [0.717, 1.165) is 28.2 Å². The normalized spacial score (nSPS) is 13.0. The molecule has 4 aromatic rings. The van der Waals surface area contributed by atoms with Crippen molar-refractivity contribution < 1.29 is 4.52 Å². The molecule has 0 bridgehead atoms. The molecule has 0 saturated carbocycles. The summed E-state index contributed by atoms with van der Waals surface area (Å²) in [4.78, 5) is 14.0. The molecule has 0 aliphatic carbocycles. The number of rotatable bonds is 3. The van der Waals surface area contributed by atoms with Crippen molar-refractivity contribution >= 4 is 28.9 Å². The second-order valence-corrected chi connectivity index (χ2v) is 8.17. The van der Waals surface area contributed by atoms with E-state index in [2.05, 4.69) is 15.1 Å². The Morgan fingerprint density at radius 3 is 2.67 bits per heavy atom. The molecule has 0 N–H and O–H groups in total. The lowest BCUT2D eigenvalue weighted by Gasteiger charge is -2.13. The van der Waals surface area contributed by atoms with E-state index in [9.17, 15) is 0 Å². The number of aromatic nitrogens is 4. The van der Waals surface area contributed by atoms with Gasteiger partial charge in [0, 0.05) is 27.1 Å². The van der Waals surface area contributed by atoms with Crippen LogP contribution in [0.1, 0.15) is 42.4 Å². The maximum absolute atomic E-state index is 6.50. The summed E-state index contributed by atoms with van der Waals surface area (Å²) in [5.74, 6) is 1.20. The van der Waals surface area contributed by atoms with Gasteiger partial charge < -0.3 is 4.52 Å². The van der Waals surface area contributed by atoms with E-state index in [1.165, 1.54) is 0 Å². The third-order valence-electron chi connectivity index (χ3n) is 5.02. The minimum absolute atomic E-state index is 0.163. The van der Waals surface area contributed by atoms with Crippen molar-refractivity contribution in [3.63, 3.8) is 0 Å². The number of nitrogens with zero attached hydrogens (tertiary/aromatic N) is 5. The molecule has 8 heteroatoms. The molecule has 0 saturated heterocycles. The molecule has 1 aliphatic rings. The monoisotopic (exact) mass is 437 g/mol. The number of halogens is 2. The van der Waals surface area contributed by atoms with Gasteiger partial charge in [0.15, 0.2) is 11.5 Å². The number of fused-ring (bicyclic) bond motifs is 3. The third kappa shape index (κ3) is 3.13. The number of benzene rings is 2. The quantitative estimate of drug-likeness (QED) is 0.411. The highest BCUT2D eigenvalue weighted by molar-refractivity contribution is 6.36. The van der Waals surface area contributed by atoms with Crippen LogP contribution < -0.4 is 0 Å². The van der Waals surface area contributed by atoms with Gasteiger partial charge in [0.05, 0.1) is 23.6 Å². The molecule has 6 nitrogen and oxygen atoms in total. The van der Waals surface area contributed by atoms with Gasteiger partial charge in [-0.2, -0.15) is 4.98 Å². The second kappa shape index (κ2) is 7.38. The first-order chi connectivity index (χ1) is 14.5. The lowest BCUT2D eigenvalue weighted by Crippen LogP contribution is -2.07. The number of imidazole rings is 1. The second-order valence-electron chi connectivity index (χ2n) is 7.33. The molecule has 0 amide bonds. The molecule has 0 unspecified atom stereocenters. The fourth-order valence-corrected chi connectivity index (χ4v) is 3.90. The average molecular weight is 438 g/mol. The molecule has 30 heavy (non-hydrogen) atoms. The Hall–Kier alpha value is -2.96. The zero-order valence-electron chi connectivity index (χ0n) is 16.3. The van der Waals surface area contributed by atoms with Crippen LogP contribution in [0.2, 0.25) is 10.0 Å². The SMILES string of the molecule is CC(C)c1noc(-c2ncn3c2CN=C(c2ccccc2Cl)c2cc(Cl)ccc2-3)n1. The van der Waals surface area contributed by atoms with E-state index in [1.54, 1.807) is 6.33 Å². The van der Waals surface area contributed by atoms with Crippen LogP contribution in [-0.2, 0) is 6.54 Å². The van der Waals surface area contributed by atoms with E-state index in [4.69, 9.17) is 32.7 Å². The molecule has 0 atom stereocenters. The van der Waals surface area contributed by atoms with Gasteiger partial charge in [-0.1, -0.05) is 60.4 Å². The van der Waals surface area contributed by atoms with Crippen LogP contribution in [0.5, 0.6) is 0 Å². The van der Waals surface area contributed by atoms with Crippen LogP contribution in [0.4, 0.5) is 0 Å². The van der Waals surface area contributed by atoms with Gasteiger partial charge >= 0.3 is 0 Å². The number of aliphatic imine (C=N–C) groups is 1. The van der Waals surface area contributed by atoms with Crippen LogP contribution in [0.3, 0.4) is 0 Å². The van der Waals surface area contributed by atoms with Crippen LogP contribution in [0.25, 0.3) is 17.3 Å². The van der Waals surface area contributed by atoms with Gasteiger partial charge in [-0.15, -0.1) is 0 Å². The first-order valence-corrected chi connectivity index (χ1v) is 10.3. The topological polar surface area (TPSA) is 69.1 Å². The summed E-state index contributed by atoms with van der Waals surface area (Å²) in [7, 11) is 0. The molecular weight excluding hydrogens is 421 g/mol. The predicted octanol–water partition coefficient (Wildman–Crippen LogP) is 5.70. The van der Waals surface area contributed by atoms with E-state index < -0.39 is 0 Å². The van der Waals surface area contributed by atoms with Crippen LogP contribution in [-0.4, -0.2) is 25.4 Å². The van der Waals surface area contributed by atoms with E-state index >= 15 is 0 Å². The van der Waals surface area contributed by atoms with Crippen molar-refractivity contribution in [2.75, 3.05) is 0 Å². The van der Waals surface area contributed by atoms with Gasteiger partial charge in [-0.3, -0.25) is 9.56 Å². The lowest BCUT2D eigenvalue weighted by atomic mass is 10.0. The average Bonchev–Trinajstić information content (AvgIpc) is 3.34. The highest BCUT2D eigenvalue weighted by Gasteiger charge is 2.26. The van der Waals surface area contributed by atoms with E-state index in [1.807, 2.05) is 60.9 Å². The molecule has 2 aromatic heterocycles. The van der Waals surface area contributed by atoms with Crippen molar-refractivity contribution in [2.45, 2.75) is 26.3 Å². The van der Waals surface area contributed by atoms with Crippen LogP contribution >= 0.6 is 23.2 Å². The highest BCUT2D eigenvalue weighted by atomic mass is 35.5. The standard InChI is InChI=1S/C22H17Cl2N5O/c1-12(2)21-27-22(30-28-21)20-18-10-25-19(14-5-3-4-6-16(14)24)15-9-13(23)7-8-17(15)29(18)11-26-20/h3-9,11-12H,10H2,1-2H3. The van der Waals surface area contributed by atoms with Crippen molar-refractivity contribution in [1.82, 2.24) is 19.7 Å². The zero-order chi connectivity index (χ0) is 20.8. The minimum atomic E-state index is 0.163. The highest BCUT2D eigenvalue weighted by Crippen LogP contribution is 2.33. The summed E-state index contributed by atoms with van der Waals surface area (Å²) in [5, 5.41) is 5.32. The summed E-state index contributed by atoms with van der Waals surface area (Å²) >= 11 is 12.8. The van der Waals surface area contributed by atoms with Crippen molar-refractivity contribution in [3.05, 3.63) is 81.5 Å². The molecule has 1 aliphatic heterocycles. The maximum atomic E-state index is 6.50. The largest absolute Gasteiger partial charge is 0.332 e. The predicted molar refractivity (Wildman–Crippen MR) is 117 cm³/mol. The Morgan fingerprint density at radius 1 is 1.07 bits per heavy atom. The summed E-state index contributed by atoms with van der Waals surface area (Å²) in [6, 6.07) is 13.4. The third-order valence-corrected chi connectivity index (χ3v) is 5.58. The summed E-state index contributed by atoms with van der Waals surface area (Å²) in [6.45, 7) is 4.41. The van der Waals surface area contributed by atoms with E-state index in [0.29, 0.717) is 34.0 Å². The fourth-order valence-electron chi connectivity index (χ4n) is 3.51. The van der Waals surface area contributed by atoms with Gasteiger partial charge in [0.2, 0.25) is 0 Å². The smallest absolute Gasteiger partial charge is 0.278 e. The molecule has 3 heterocycles. The fraction of sp³-hybridized carbons (Fsp3) is 0.182. The van der Waals surface area contributed by atoms with Crippen molar-refractivity contribution in [2.24, 2.45) is 4.99 Å². The Bertz CT molecular complexity index is 1290. The van der Waals surface area contributed by atoms with E-state index in [-0.39, 0.29) is 5.92 Å². The summed E-state index contributed by atoms with van der Waals surface area (Å²) in [6.07, 6.45) is 1.75. The maximum Gasteiger partial charge on any atom is 0.278 e. The van der Waals surface area contributed by atoms with Gasteiger partial charge in [-0.05, 0) is 24.3 Å². The Balaban J connectivity index is 1.71. The molecule has 150 valence electrons. The molecule has 0 radical (unpaired) electrons. The Labute approximate surface area is 183 Å². The number of hydrogen-bond acceptors (Lipinski definition) is 5. The first kappa shape index (κ1) is 19.0. The number of hydrogen-bond donors (Lipinski definition) is 0. The van der Waals surface area contributed by atoms with Gasteiger partial charge in [-0.25, -0.2) is 4.98 Å². The molecular formula is C22H17Cl2N5O. The first-order valence-electron chi connectivity index (χ1n) is 9.52.